The average molecular weight is 172 g/mol. The molecule has 12 heavy (non-hydrogen) atoms. The SMILES string of the molecule is CC(C)CNCCCCC(N)=O. The van der Waals surface area contributed by atoms with Crippen LogP contribution in [0.5, 0.6) is 0 Å². The van der Waals surface area contributed by atoms with E-state index >= 15 is 0 Å². The van der Waals surface area contributed by atoms with Gasteiger partial charge in [-0.05, 0) is 31.8 Å². The molecule has 0 heterocycles. The lowest BCUT2D eigenvalue weighted by molar-refractivity contribution is -0.118. The van der Waals surface area contributed by atoms with Gasteiger partial charge in [0.25, 0.3) is 0 Å². The number of rotatable bonds is 7. The highest BCUT2D eigenvalue weighted by Crippen LogP contribution is 1.93. The Morgan fingerprint density at radius 1 is 1.42 bits per heavy atom. The maximum atomic E-state index is 10.3. The van der Waals surface area contributed by atoms with Crippen molar-refractivity contribution in [1.82, 2.24) is 5.32 Å². The van der Waals surface area contributed by atoms with E-state index in [1.54, 1.807) is 0 Å². The Hall–Kier alpha value is -0.570. The minimum absolute atomic E-state index is 0.196. The van der Waals surface area contributed by atoms with Crippen LogP contribution in [-0.2, 0) is 4.79 Å². The third-order valence-electron chi connectivity index (χ3n) is 1.58. The maximum Gasteiger partial charge on any atom is 0.217 e. The van der Waals surface area contributed by atoms with E-state index in [0.29, 0.717) is 12.3 Å². The summed E-state index contributed by atoms with van der Waals surface area (Å²) in [5.74, 6) is 0.500. The monoisotopic (exact) mass is 172 g/mol. The smallest absolute Gasteiger partial charge is 0.217 e. The summed E-state index contributed by atoms with van der Waals surface area (Å²) in [4.78, 5) is 10.3. The van der Waals surface area contributed by atoms with E-state index in [-0.39, 0.29) is 5.91 Å². The van der Waals surface area contributed by atoms with Crippen LogP contribution in [0.25, 0.3) is 0 Å². The Morgan fingerprint density at radius 3 is 2.58 bits per heavy atom. The molecule has 0 aromatic rings. The maximum absolute atomic E-state index is 10.3. The summed E-state index contributed by atoms with van der Waals surface area (Å²) in [5.41, 5.74) is 5.00. The van der Waals surface area contributed by atoms with Gasteiger partial charge in [-0.25, -0.2) is 0 Å². The van der Waals surface area contributed by atoms with Crippen molar-refractivity contribution in [2.75, 3.05) is 13.1 Å². The number of unbranched alkanes of at least 4 members (excludes halogenated alkanes) is 1. The summed E-state index contributed by atoms with van der Waals surface area (Å²) in [7, 11) is 0. The van der Waals surface area contributed by atoms with Crippen molar-refractivity contribution in [3.8, 4) is 0 Å². The molecule has 0 aromatic carbocycles. The van der Waals surface area contributed by atoms with Crippen molar-refractivity contribution >= 4 is 5.91 Å². The third kappa shape index (κ3) is 9.43. The zero-order chi connectivity index (χ0) is 9.40. The molecule has 3 heteroatoms. The molecule has 0 aliphatic rings. The number of hydrogen-bond acceptors (Lipinski definition) is 2. The molecule has 3 N–H and O–H groups in total. The number of nitrogens with two attached hydrogens (primary N) is 1. The molecule has 72 valence electrons. The lowest BCUT2D eigenvalue weighted by atomic mass is 10.2. The number of hydrogen-bond donors (Lipinski definition) is 2. The molecule has 1 amide bonds. The molecule has 0 saturated heterocycles. The Labute approximate surface area is 74.7 Å². The Bertz CT molecular complexity index is 124. The first kappa shape index (κ1) is 11.4. The fourth-order valence-electron chi connectivity index (χ4n) is 0.940. The second-order valence-corrected chi connectivity index (χ2v) is 3.52. The lowest BCUT2D eigenvalue weighted by Gasteiger charge is -2.05. The minimum Gasteiger partial charge on any atom is -0.370 e. The lowest BCUT2D eigenvalue weighted by Crippen LogP contribution is -2.21. The fourth-order valence-corrected chi connectivity index (χ4v) is 0.940. The Morgan fingerprint density at radius 2 is 2.08 bits per heavy atom. The molecule has 0 rings (SSSR count). The zero-order valence-corrected chi connectivity index (χ0v) is 8.10. The molecule has 0 aliphatic heterocycles. The Balaban J connectivity index is 2.96. The van der Waals surface area contributed by atoms with E-state index in [4.69, 9.17) is 5.73 Å². The molecule has 3 nitrogen and oxygen atoms in total. The van der Waals surface area contributed by atoms with Crippen LogP contribution in [0.4, 0.5) is 0 Å². The second kappa shape index (κ2) is 7.10. The average Bonchev–Trinajstić information content (AvgIpc) is 1.95. The number of amides is 1. The van der Waals surface area contributed by atoms with Gasteiger partial charge in [0.2, 0.25) is 5.91 Å². The standard InChI is InChI=1S/C9H20N2O/c1-8(2)7-11-6-4-3-5-9(10)12/h8,11H,3-7H2,1-2H3,(H2,10,12). The Kier molecular flexibility index (Phi) is 6.76. The van der Waals surface area contributed by atoms with E-state index in [9.17, 15) is 4.79 Å². The van der Waals surface area contributed by atoms with Crippen LogP contribution >= 0.6 is 0 Å². The molecule has 0 atom stereocenters. The summed E-state index contributed by atoms with van der Waals surface area (Å²) in [6.45, 7) is 6.40. The van der Waals surface area contributed by atoms with Crippen LogP contribution in [0.1, 0.15) is 33.1 Å². The van der Waals surface area contributed by atoms with Crippen molar-refractivity contribution in [3.05, 3.63) is 0 Å². The number of carbonyl (C=O) groups is 1. The summed E-state index contributed by atoms with van der Waals surface area (Å²) in [6.07, 6.45) is 2.46. The highest BCUT2D eigenvalue weighted by molar-refractivity contribution is 5.73. The van der Waals surface area contributed by atoms with Gasteiger partial charge in [0.15, 0.2) is 0 Å². The predicted octanol–water partition coefficient (Wildman–Crippen LogP) is 0.888. The van der Waals surface area contributed by atoms with Crippen LogP contribution in [0.2, 0.25) is 0 Å². The highest BCUT2D eigenvalue weighted by atomic mass is 16.1. The van der Waals surface area contributed by atoms with Crippen molar-refractivity contribution in [3.63, 3.8) is 0 Å². The molecule has 0 aromatic heterocycles. The zero-order valence-electron chi connectivity index (χ0n) is 8.10. The summed E-state index contributed by atoms with van der Waals surface area (Å²) >= 11 is 0. The van der Waals surface area contributed by atoms with Gasteiger partial charge in [-0.2, -0.15) is 0 Å². The van der Waals surface area contributed by atoms with Crippen molar-refractivity contribution in [1.29, 1.82) is 0 Å². The molecule has 0 saturated carbocycles. The van der Waals surface area contributed by atoms with Crippen LogP contribution < -0.4 is 11.1 Å². The van der Waals surface area contributed by atoms with E-state index in [1.165, 1.54) is 0 Å². The van der Waals surface area contributed by atoms with Gasteiger partial charge in [-0.1, -0.05) is 13.8 Å². The molecule has 0 unspecified atom stereocenters. The highest BCUT2D eigenvalue weighted by Gasteiger charge is 1.95. The van der Waals surface area contributed by atoms with Crippen LogP contribution in [0.15, 0.2) is 0 Å². The van der Waals surface area contributed by atoms with Gasteiger partial charge in [0.1, 0.15) is 0 Å². The van der Waals surface area contributed by atoms with E-state index in [2.05, 4.69) is 19.2 Å². The van der Waals surface area contributed by atoms with Gasteiger partial charge in [0.05, 0.1) is 0 Å². The first-order chi connectivity index (χ1) is 5.63. The van der Waals surface area contributed by atoms with Gasteiger partial charge in [0, 0.05) is 6.42 Å². The second-order valence-electron chi connectivity index (χ2n) is 3.52. The largest absolute Gasteiger partial charge is 0.370 e. The third-order valence-corrected chi connectivity index (χ3v) is 1.58. The van der Waals surface area contributed by atoms with E-state index < -0.39 is 0 Å². The number of nitrogens with one attached hydrogen (secondary N) is 1. The van der Waals surface area contributed by atoms with Gasteiger partial charge in [-0.3, -0.25) is 4.79 Å². The van der Waals surface area contributed by atoms with Crippen molar-refractivity contribution in [2.45, 2.75) is 33.1 Å². The van der Waals surface area contributed by atoms with Crippen LogP contribution in [0, 0.1) is 5.92 Å². The molecule has 0 spiro atoms. The summed E-state index contributed by atoms with van der Waals surface area (Å²) < 4.78 is 0. The van der Waals surface area contributed by atoms with Crippen molar-refractivity contribution < 1.29 is 4.79 Å². The predicted molar refractivity (Wildman–Crippen MR) is 50.8 cm³/mol. The normalized spacial score (nSPS) is 10.6. The summed E-state index contributed by atoms with van der Waals surface area (Å²) in [6, 6.07) is 0. The molecule has 0 bridgehead atoms. The first-order valence-electron chi connectivity index (χ1n) is 4.62. The van der Waals surface area contributed by atoms with Crippen molar-refractivity contribution in [2.24, 2.45) is 11.7 Å². The first-order valence-corrected chi connectivity index (χ1v) is 4.62. The summed E-state index contributed by atoms with van der Waals surface area (Å²) in [5, 5.41) is 3.31. The number of primary amides is 1. The molecular formula is C9H20N2O. The fraction of sp³-hybridized carbons (Fsp3) is 0.889. The molecular weight excluding hydrogens is 152 g/mol. The minimum atomic E-state index is -0.196. The van der Waals surface area contributed by atoms with Gasteiger partial charge in [-0.15, -0.1) is 0 Å². The molecule has 0 aliphatic carbocycles. The van der Waals surface area contributed by atoms with E-state index in [0.717, 1.165) is 25.9 Å². The van der Waals surface area contributed by atoms with Gasteiger partial charge >= 0.3 is 0 Å². The van der Waals surface area contributed by atoms with Crippen LogP contribution in [0.3, 0.4) is 0 Å². The number of carbonyl (C=O) groups excluding carboxylic acids is 1. The quantitative estimate of drug-likeness (QED) is 0.560. The van der Waals surface area contributed by atoms with Crippen LogP contribution in [-0.4, -0.2) is 19.0 Å². The molecule has 0 radical (unpaired) electrons. The molecule has 0 fully saturated rings. The topological polar surface area (TPSA) is 55.1 Å². The van der Waals surface area contributed by atoms with Gasteiger partial charge < -0.3 is 11.1 Å². The van der Waals surface area contributed by atoms with E-state index in [1.807, 2.05) is 0 Å².